The normalized spacial score (nSPS) is 14.9. The number of anilines is 1. The number of nitrogens with zero attached hydrogens (tertiary/aromatic N) is 3. The van der Waals surface area contributed by atoms with Crippen LogP contribution in [0.15, 0.2) is 48.7 Å². The number of aryl methyl sites for hydroxylation is 1. The summed E-state index contributed by atoms with van der Waals surface area (Å²) >= 11 is 0. The first-order chi connectivity index (χ1) is 18.1. The van der Waals surface area contributed by atoms with Crippen LogP contribution >= 0.6 is 0 Å². The van der Waals surface area contributed by atoms with E-state index in [1.165, 1.54) is 0 Å². The Morgan fingerprint density at radius 3 is 2.68 bits per heavy atom. The Morgan fingerprint density at radius 1 is 1.21 bits per heavy atom. The summed E-state index contributed by atoms with van der Waals surface area (Å²) in [6.45, 7) is 9.16. The fourth-order valence-corrected chi connectivity index (χ4v) is 4.46. The van der Waals surface area contributed by atoms with Crippen molar-refractivity contribution >= 4 is 11.6 Å². The third kappa shape index (κ3) is 6.01. The van der Waals surface area contributed by atoms with Crippen molar-refractivity contribution in [2.45, 2.75) is 51.4 Å². The number of rotatable bonds is 8. The standard InChI is InChI=1S/C30H34N4O4/c1-20-5-6-23(33-28(36)21-7-10-32-25(15-21)29(2,3)19-31)18-24(20)22-16-26(30(4)8-12-37-13-9-30)34-27(17-22)38-14-11-35/h5-7,10,15-18,35H,8-9,11-14H2,1-4H3,(H,33,36). The molecular formula is C30H34N4O4. The lowest BCUT2D eigenvalue weighted by Crippen LogP contribution is -2.31. The minimum Gasteiger partial charge on any atom is -0.475 e. The van der Waals surface area contributed by atoms with Crippen LogP contribution in [0.25, 0.3) is 11.1 Å². The Bertz CT molecular complexity index is 1360. The lowest BCUT2D eigenvalue weighted by Gasteiger charge is -2.33. The van der Waals surface area contributed by atoms with Crippen molar-refractivity contribution in [3.8, 4) is 23.1 Å². The van der Waals surface area contributed by atoms with Crippen LogP contribution < -0.4 is 10.1 Å². The van der Waals surface area contributed by atoms with Gasteiger partial charge in [0.2, 0.25) is 5.88 Å². The molecule has 1 aliphatic rings. The summed E-state index contributed by atoms with van der Waals surface area (Å²) in [4.78, 5) is 22.2. The van der Waals surface area contributed by atoms with Crippen LogP contribution in [0.4, 0.5) is 5.69 Å². The molecule has 1 fully saturated rings. The molecule has 3 aromatic rings. The van der Waals surface area contributed by atoms with Crippen LogP contribution in [0.3, 0.4) is 0 Å². The van der Waals surface area contributed by atoms with Crippen molar-refractivity contribution in [2.24, 2.45) is 0 Å². The molecule has 4 rings (SSSR count). The largest absolute Gasteiger partial charge is 0.475 e. The predicted molar refractivity (Wildman–Crippen MR) is 145 cm³/mol. The molecular weight excluding hydrogens is 480 g/mol. The van der Waals surface area contributed by atoms with Crippen LogP contribution in [-0.4, -0.2) is 47.4 Å². The number of aromatic nitrogens is 2. The highest BCUT2D eigenvalue weighted by atomic mass is 16.5. The lowest BCUT2D eigenvalue weighted by atomic mass is 9.78. The number of hydrogen-bond donors (Lipinski definition) is 2. The van der Waals surface area contributed by atoms with E-state index in [0.29, 0.717) is 36.0 Å². The van der Waals surface area contributed by atoms with E-state index in [0.717, 1.165) is 35.2 Å². The van der Waals surface area contributed by atoms with E-state index in [1.54, 1.807) is 32.2 Å². The van der Waals surface area contributed by atoms with E-state index in [2.05, 4.69) is 29.4 Å². The van der Waals surface area contributed by atoms with E-state index in [9.17, 15) is 15.2 Å². The second kappa shape index (κ2) is 11.3. The number of nitriles is 1. The fourth-order valence-electron chi connectivity index (χ4n) is 4.46. The third-order valence-electron chi connectivity index (χ3n) is 7.11. The molecule has 0 spiro atoms. The minimum atomic E-state index is -0.802. The van der Waals surface area contributed by atoms with Gasteiger partial charge in [0.05, 0.1) is 29.5 Å². The van der Waals surface area contributed by atoms with Gasteiger partial charge >= 0.3 is 0 Å². The Labute approximate surface area is 223 Å². The van der Waals surface area contributed by atoms with Crippen molar-refractivity contribution in [1.82, 2.24) is 9.97 Å². The van der Waals surface area contributed by atoms with Gasteiger partial charge in [-0.25, -0.2) is 4.98 Å². The molecule has 198 valence electrons. The number of hydrogen-bond acceptors (Lipinski definition) is 7. The van der Waals surface area contributed by atoms with Gasteiger partial charge in [-0.3, -0.25) is 9.78 Å². The summed E-state index contributed by atoms with van der Waals surface area (Å²) in [6.07, 6.45) is 3.26. The summed E-state index contributed by atoms with van der Waals surface area (Å²) < 4.78 is 11.3. The van der Waals surface area contributed by atoms with Gasteiger partial charge in [0.15, 0.2) is 0 Å². The van der Waals surface area contributed by atoms with E-state index in [-0.39, 0.29) is 24.5 Å². The second-order valence-corrected chi connectivity index (χ2v) is 10.5. The SMILES string of the molecule is Cc1ccc(NC(=O)c2ccnc(C(C)(C)C#N)c2)cc1-c1cc(OCCO)nc(C2(C)CCOCC2)c1. The van der Waals surface area contributed by atoms with Crippen molar-refractivity contribution in [3.63, 3.8) is 0 Å². The zero-order valence-electron chi connectivity index (χ0n) is 22.4. The van der Waals surface area contributed by atoms with Gasteiger partial charge in [-0.15, -0.1) is 0 Å². The topological polar surface area (TPSA) is 117 Å². The van der Waals surface area contributed by atoms with Crippen LogP contribution in [0.1, 0.15) is 60.9 Å². The lowest BCUT2D eigenvalue weighted by molar-refractivity contribution is 0.0548. The molecule has 38 heavy (non-hydrogen) atoms. The van der Waals surface area contributed by atoms with Crippen LogP contribution in [0, 0.1) is 18.3 Å². The first-order valence-corrected chi connectivity index (χ1v) is 12.8. The molecule has 0 bridgehead atoms. The molecule has 0 saturated carbocycles. The summed E-state index contributed by atoms with van der Waals surface area (Å²) in [7, 11) is 0. The van der Waals surface area contributed by atoms with Gasteiger partial charge in [-0.1, -0.05) is 13.0 Å². The van der Waals surface area contributed by atoms with Crippen LogP contribution in [0.5, 0.6) is 5.88 Å². The van der Waals surface area contributed by atoms with Crippen molar-refractivity contribution in [1.29, 1.82) is 5.26 Å². The Morgan fingerprint density at radius 2 is 1.97 bits per heavy atom. The van der Waals surface area contributed by atoms with Gasteiger partial charge in [0.1, 0.15) is 6.61 Å². The van der Waals surface area contributed by atoms with Gasteiger partial charge in [0, 0.05) is 42.1 Å². The quantitative estimate of drug-likeness (QED) is 0.437. The molecule has 0 aliphatic carbocycles. The average Bonchev–Trinajstić information content (AvgIpc) is 2.93. The van der Waals surface area contributed by atoms with Crippen molar-refractivity contribution in [2.75, 3.05) is 31.7 Å². The average molecular weight is 515 g/mol. The maximum absolute atomic E-state index is 13.1. The maximum Gasteiger partial charge on any atom is 0.255 e. The minimum absolute atomic E-state index is 0.102. The molecule has 2 N–H and O–H groups in total. The molecule has 0 radical (unpaired) electrons. The number of nitrogens with one attached hydrogen (secondary N) is 1. The third-order valence-corrected chi connectivity index (χ3v) is 7.11. The van der Waals surface area contributed by atoms with Crippen LogP contribution in [-0.2, 0) is 15.6 Å². The van der Waals surface area contributed by atoms with Crippen molar-refractivity contribution in [3.05, 3.63) is 71.2 Å². The summed E-state index contributed by atoms with van der Waals surface area (Å²) in [5, 5.41) is 21.7. The van der Waals surface area contributed by atoms with Gasteiger partial charge < -0.3 is 19.9 Å². The molecule has 1 aliphatic heterocycles. The molecule has 8 nitrogen and oxygen atoms in total. The van der Waals surface area contributed by atoms with E-state index in [1.807, 2.05) is 31.2 Å². The zero-order chi connectivity index (χ0) is 27.3. The number of amides is 1. The monoisotopic (exact) mass is 514 g/mol. The van der Waals surface area contributed by atoms with Gasteiger partial charge in [-0.05, 0) is 80.6 Å². The second-order valence-electron chi connectivity index (χ2n) is 10.5. The Kier molecular flexibility index (Phi) is 8.10. The molecule has 0 atom stereocenters. The summed E-state index contributed by atoms with van der Waals surface area (Å²) in [5.74, 6) is 0.173. The van der Waals surface area contributed by atoms with Gasteiger partial charge in [-0.2, -0.15) is 5.26 Å². The zero-order valence-corrected chi connectivity index (χ0v) is 22.4. The number of aliphatic hydroxyl groups excluding tert-OH is 1. The number of ether oxygens (including phenoxy) is 2. The van der Waals surface area contributed by atoms with E-state index < -0.39 is 5.41 Å². The smallest absolute Gasteiger partial charge is 0.255 e. The van der Waals surface area contributed by atoms with E-state index >= 15 is 0 Å². The molecule has 2 aromatic heterocycles. The number of carbonyl (C=O) groups is 1. The van der Waals surface area contributed by atoms with E-state index in [4.69, 9.17) is 14.5 Å². The predicted octanol–water partition coefficient (Wildman–Crippen LogP) is 4.94. The molecule has 8 heteroatoms. The Hall–Kier alpha value is -3.80. The highest BCUT2D eigenvalue weighted by Gasteiger charge is 2.32. The van der Waals surface area contributed by atoms with Gasteiger partial charge in [0.25, 0.3) is 5.91 Å². The Balaban J connectivity index is 1.67. The first kappa shape index (κ1) is 27.2. The highest BCUT2D eigenvalue weighted by Crippen LogP contribution is 2.37. The molecule has 1 saturated heterocycles. The number of benzene rings is 1. The van der Waals surface area contributed by atoms with Crippen molar-refractivity contribution < 1.29 is 19.4 Å². The first-order valence-electron chi connectivity index (χ1n) is 12.8. The number of aliphatic hydroxyl groups is 1. The van der Waals surface area contributed by atoms with Crippen LogP contribution in [0.2, 0.25) is 0 Å². The maximum atomic E-state index is 13.1. The number of carbonyl (C=O) groups excluding carboxylic acids is 1. The molecule has 3 heterocycles. The fraction of sp³-hybridized carbons (Fsp3) is 0.400. The summed E-state index contributed by atoms with van der Waals surface area (Å²) in [5.41, 5.74) is 4.48. The molecule has 1 aromatic carbocycles. The summed E-state index contributed by atoms with van der Waals surface area (Å²) in [6, 6.07) is 15.2. The highest BCUT2D eigenvalue weighted by molar-refractivity contribution is 6.04. The number of pyridine rings is 2. The molecule has 0 unspecified atom stereocenters. The molecule has 1 amide bonds.